The summed E-state index contributed by atoms with van der Waals surface area (Å²) in [7, 11) is 1.29. The molecule has 164 valence electrons. The maximum Gasteiger partial charge on any atom is 0.341 e. The third-order valence-corrected chi connectivity index (χ3v) is 6.38. The number of thiophene rings is 1. The summed E-state index contributed by atoms with van der Waals surface area (Å²) >= 11 is 2.38. The van der Waals surface area contributed by atoms with Crippen molar-refractivity contribution in [3.8, 4) is 0 Å². The van der Waals surface area contributed by atoms with Gasteiger partial charge in [-0.2, -0.15) is 0 Å². The lowest BCUT2D eigenvalue weighted by Crippen LogP contribution is -2.27. The Bertz CT molecular complexity index is 940. The van der Waals surface area contributed by atoms with Gasteiger partial charge in [-0.1, -0.05) is 18.7 Å². The Labute approximate surface area is 182 Å². The Morgan fingerprint density at radius 3 is 2.57 bits per heavy atom. The molecule has 0 aliphatic carbocycles. The van der Waals surface area contributed by atoms with E-state index >= 15 is 0 Å². The summed E-state index contributed by atoms with van der Waals surface area (Å²) in [5.74, 6) is -1.25. The predicted octanol–water partition coefficient (Wildman–Crippen LogP) is 2.57. The molecule has 0 bridgehead atoms. The van der Waals surface area contributed by atoms with E-state index in [1.165, 1.54) is 23.0 Å². The van der Waals surface area contributed by atoms with Crippen molar-refractivity contribution < 1.29 is 23.9 Å². The van der Waals surface area contributed by atoms with E-state index in [0.717, 1.165) is 22.2 Å². The van der Waals surface area contributed by atoms with Gasteiger partial charge in [0.15, 0.2) is 5.16 Å². The van der Waals surface area contributed by atoms with Crippen LogP contribution < -0.4 is 11.1 Å². The molecule has 2 aromatic heterocycles. The molecule has 0 fully saturated rings. The summed E-state index contributed by atoms with van der Waals surface area (Å²) in [5.41, 5.74) is 7.05. The fraction of sp³-hybridized carbons (Fsp3) is 0.500. The molecular formula is C18H25N5O5S2. The fourth-order valence-electron chi connectivity index (χ4n) is 2.71. The first-order chi connectivity index (χ1) is 14.2. The standard InChI is InChI=1S/C18H25N5O5S2/c1-6-11(23-17(19)21-22-18(23)29-8-12(24)27-5)14(25)20-15-13(16(26)28-7-2)9(3)10(4)30-15/h11H,6-8H2,1-5H3,(H2,19,21)(H,20,25). The molecule has 1 unspecified atom stereocenters. The maximum absolute atomic E-state index is 13.1. The number of aryl methyl sites for hydroxylation is 1. The van der Waals surface area contributed by atoms with E-state index in [-0.39, 0.29) is 24.2 Å². The van der Waals surface area contributed by atoms with Gasteiger partial charge in [0.2, 0.25) is 11.9 Å². The molecule has 2 heterocycles. The third-order valence-electron chi connectivity index (χ3n) is 4.34. The van der Waals surface area contributed by atoms with Crippen LogP contribution in [0.4, 0.5) is 10.9 Å². The number of ether oxygens (including phenoxy) is 2. The van der Waals surface area contributed by atoms with Crippen molar-refractivity contribution in [1.82, 2.24) is 14.8 Å². The van der Waals surface area contributed by atoms with Crippen molar-refractivity contribution in [2.45, 2.75) is 45.3 Å². The van der Waals surface area contributed by atoms with E-state index in [4.69, 9.17) is 10.5 Å². The fourth-order valence-corrected chi connectivity index (χ4v) is 4.58. The summed E-state index contributed by atoms with van der Waals surface area (Å²) in [6.07, 6.45) is 0.387. The van der Waals surface area contributed by atoms with Crippen LogP contribution in [0.3, 0.4) is 0 Å². The van der Waals surface area contributed by atoms with Gasteiger partial charge in [-0.15, -0.1) is 21.5 Å². The van der Waals surface area contributed by atoms with Gasteiger partial charge in [-0.25, -0.2) is 4.79 Å². The van der Waals surface area contributed by atoms with Gasteiger partial charge in [0, 0.05) is 4.88 Å². The highest BCUT2D eigenvalue weighted by atomic mass is 32.2. The minimum atomic E-state index is -0.738. The largest absolute Gasteiger partial charge is 0.468 e. The molecule has 2 rings (SSSR count). The molecule has 2 aromatic rings. The van der Waals surface area contributed by atoms with Crippen LogP contribution in [-0.4, -0.2) is 52.1 Å². The number of methoxy groups -OCH3 is 1. The number of hydrogen-bond acceptors (Lipinski definition) is 10. The van der Waals surface area contributed by atoms with Crippen LogP contribution in [0.2, 0.25) is 0 Å². The Morgan fingerprint density at radius 1 is 1.27 bits per heavy atom. The van der Waals surface area contributed by atoms with Gasteiger partial charge < -0.3 is 20.5 Å². The van der Waals surface area contributed by atoms with E-state index in [2.05, 4.69) is 20.3 Å². The molecule has 0 radical (unpaired) electrons. The monoisotopic (exact) mass is 455 g/mol. The zero-order valence-electron chi connectivity index (χ0n) is 17.5. The van der Waals surface area contributed by atoms with Crippen molar-refractivity contribution in [3.63, 3.8) is 0 Å². The molecule has 30 heavy (non-hydrogen) atoms. The molecule has 0 spiro atoms. The Morgan fingerprint density at radius 2 is 1.97 bits per heavy atom. The smallest absolute Gasteiger partial charge is 0.341 e. The number of nitrogen functional groups attached to an aromatic ring is 1. The lowest BCUT2D eigenvalue weighted by Gasteiger charge is -2.19. The molecular weight excluding hydrogens is 430 g/mol. The number of rotatable bonds is 9. The number of nitrogens with zero attached hydrogens (tertiary/aromatic N) is 3. The van der Waals surface area contributed by atoms with Gasteiger partial charge in [0.1, 0.15) is 11.0 Å². The van der Waals surface area contributed by atoms with Crippen LogP contribution in [0.5, 0.6) is 0 Å². The number of carbonyl (C=O) groups excluding carboxylic acids is 3. The van der Waals surface area contributed by atoms with E-state index in [1.54, 1.807) is 6.92 Å². The summed E-state index contributed by atoms with van der Waals surface area (Å²) in [6.45, 7) is 7.45. The summed E-state index contributed by atoms with van der Waals surface area (Å²) in [6, 6.07) is -0.738. The number of aromatic nitrogens is 3. The molecule has 12 heteroatoms. The van der Waals surface area contributed by atoms with E-state index in [0.29, 0.717) is 22.1 Å². The van der Waals surface area contributed by atoms with Gasteiger partial charge in [0.05, 0.1) is 25.0 Å². The number of amides is 1. The molecule has 0 aliphatic rings. The number of anilines is 2. The van der Waals surface area contributed by atoms with Crippen LogP contribution in [0.15, 0.2) is 5.16 Å². The second kappa shape index (κ2) is 10.4. The van der Waals surface area contributed by atoms with Gasteiger partial charge >= 0.3 is 11.9 Å². The molecule has 0 saturated heterocycles. The van der Waals surface area contributed by atoms with Crippen molar-refractivity contribution in [2.24, 2.45) is 0 Å². The van der Waals surface area contributed by atoms with Gasteiger partial charge in [-0.3, -0.25) is 14.2 Å². The Balaban J connectivity index is 2.31. The first kappa shape index (κ1) is 23.7. The number of nitrogens with two attached hydrogens (primary N) is 1. The van der Waals surface area contributed by atoms with E-state index in [1.807, 2.05) is 20.8 Å². The first-order valence-electron chi connectivity index (χ1n) is 9.22. The molecule has 1 atom stereocenters. The summed E-state index contributed by atoms with van der Waals surface area (Å²) in [5, 5.41) is 11.4. The van der Waals surface area contributed by atoms with E-state index < -0.39 is 18.0 Å². The minimum absolute atomic E-state index is 0.00298. The average Bonchev–Trinajstić information content (AvgIpc) is 3.20. The van der Waals surface area contributed by atoms with Crippen molar-refractivity contribution in [1.29, 1.82) is 0 Å². The predicted molar refractivity (Wildman–Crippen MR) is 115 cm³/mol. The third kappa shape index (κ3) is 5.11. The SMILES string of the molecule is CCOC(=O)c1c(NC(=O)C(CC)n2c(N)nnc2SCC(=O)OC)sc(C)c1C. The highest BCUT2D eigenvalue weighted by molar-refractivity contribution is 7.99. The number of nitrogens with one attached hydrogen (secondary N) is 1. The van der Waals surface area contributed by atoms with Gasteiger partial charge in [0.25, 0.3) is 0 Å². The normalized spacial score (nSPS) is 11.8. The average molecular weight is 456 g/mol. The first-order valence-corrected chi connectivity index (χ1v) is 11.0. The second-order valence-electron chi connectivity index (χ2n) is 6.20. The van der Waals surface area contributed by atoms with Crippen molar-refractivity contribution >= 4 is 51.9 Å². The summed E-state index contributed by atoms with van der Waals surface area (Å²) in [4.78, 5) is 37.8. The summed E-state index contributed by atoms with van der Waals surface area (Å²) < 4.78 is 11.2. The molecule has 1 amide bonds. The zero-order valence-corrected chi connectivity index (χ0v) is 19.1. The van der Waals surface area contributed by atoms with Crippen LogP contribution in [0, 0.1) is 13.8 Å². The highest BCUT2D eigenvalue weighted by Crippen LogP contribution is 2.34. The molecule has 0 aromatic carbocycles. The van der Waals surface area contributed by atoms with Crippen molar-refractivity contribution in [2.75, 3.05) is 30.5 Å². The molecule has 10 nitrogen and oxygen atoms in total. The molecule has 3 N–H and O–H groups in total. The lowest BCUT2D eigenvalue weighted by molar-refractivity contribution is -0.137. The van der Waals surface area contributed by atoms with Crippen LogP contribution in [-0.2, 0) is 19.1 Å². The number of esters is 2. The highest BCUT2D eigenvalue weighted by Gasteiger charge is 2.28. The molecule has 0 saturated carbocycles. The zero-order chi connectivity index (χ0) is 22.4. The van der Waals surface area contributed by atoms with E-state index in [9.17, 15) is 14.4 Å². The van der Waals surface area contributed by atoms with Crippen LogP contribution in [0.1, 0.15) is 47.1 Å². The number of thioether (sulfide) groups is 1. The van der Waals surface area contributed by atoms with Crippen LogP contribution >= 0.6 is 23.1 Å². The topological polar surface area (TPSA) is 138 Å². The van der Waals surface area contributed by atoms with Crippen LogP contribution in [0.25, 0.3) is 0 Å². The number of hydrogen-bond donors (Lipinski definition) is 2. The lowest BCUT2D eigenvalue weighted by atomic mass is 10.1. The molecule has 0 aliphatic heterocycles. The Hall–Kier alpha value is -2.60. The minimum Gasteiger partial charge on any atom is -0.468 e. The quantitative estimate of drug-likeness (QED) is 0.431. The number of carbonyl (C=O) groups is 3. The van der Waals surface area contributed by atoms with Gasteiger partial charge in [-0.05, 0) is 32.8 Å². The van der Waals surface area contributed by atoms with Crippen molar-refractivity contribution in [3.05, 3.63) is 16.0 Å². The second-order valence-corrected chi connectivity index (χ2v) is 8.36. The Kier molecular flexibility index (Phi) is 8.24. The maximum atomic E-state index is 13.1.